The number of unbranched alkanes of at least 4 members (excludes halogenated alkanes) is 1. The Balaban J connectivity index is 1.86. The van der Waals surface area contributed by atoms with Crippen LogP contribution >= 0.6 is 0 Å². The standard InChI is InChI=1S/C16H28O/c1-2-3-8-14-9-4-5-10-15(14)13-16-11-6-7-12-17-16/h8,15-16H,2-7,9-13H2,1H3/b14-8-. The largest absolute Gasteiger partial charge is 0.378 e. The van der Waals surface area contributed by atoms with E-state index in [-0.39, 0.29) is 0 Å². The highest BCUT2D eigenvalue weighted by Crippen LogP contribution is 2.35. The van der Waals surface area contributed by atoms with Gasteiger partial charge in [-0.3, -0.25) is 0 Å². The van der Waals surface area contributed by atoms with E-state index in [1.807, 2.05) is 0 Å². The molecule has 0 bridgehead atoms. The van der Waals surface area contributed by atoms with Gasteiger partial charge in [-0.15, -0.1) is 0 Å². The molecule has 1 nitrogen and oxygen atoms in total. The second-order valence-corrected chi connectivity index (χ2v) is 5.73. The van der Waals surface area contributed by atoms with Crippen molar-refractivity contribution in [1.82, 2.24) is 0 Å². The maximum atomic E-state index is 5.91. The first-order valence-electron chi connectivity index (χ1n) is 7.70. The molecule has 0 aromatic carbocycles. The summed E-state index contributed by atoms with van der Waals surface area (Å²) in [5.74, 6) is 0.846. The Bertz CT molecular complexity index is 238. The van der Waals surface area contributed by atoms with Gasteiger partial charge in [-0.05, 0) is 57.3 Å². The quantitative estimate of drug-likeness (QED) is 0.633. The molecular formula is C16H28O. The molecule has 1 heterocycles. The minimum Gasteiger partial charge on any atom is -0.378 e. The average Bonchev–Trinajstić information content (AvgIpc) is 2.39. The fourth-order valence-corrected chi connectivity index (χ4v) is 3.29. The molecule has 0 aromatic rings. The minimum atomic E-state index is 0.567. The van der Waals surface area contributed by atoms with Gasteiger partial charge < -0.3 is 4.74 Å². The van der Waals surface area contributed by atoms with Crippen LogP contribution in [0.1, 0.15) is 71.1 Å². The van der Waals surface area contributed by atoms with E-state index in [1.54, 1.807) is 5.57 Å². The maximum absolute atomic E-state index is 5.91. The molecule has 0 radical (unpaired) electrons. The van der Waals surface area contributed by atoms with Gasteiger partial charge in [-0.1, -0.05) is 31.4 Å². The van der Waals surface area contributed by atoms with Crippen LogP contribution < -0.4 is 0 Å². The van der Waals surface area contributed by atoms with Crippen LogP contribution in [0, 0.1) is 5.92 Å². The lowest BCUT2D eigenvalue weighted by Crippen LogP contribution is -2.24. The van der Waals surface area contributed by atoms with Crippen LogP contribution in [0.4, 0.5) is 0 Å². The van der Waals surface area contributed by atoms with Gasteiger partial charge in [0.1, 0.15) is 0 Å². The molecule has 2 atom stereocenters. The summed E-state index contributed by atoms with van der Waals surface area (Å²) in [6.07, 6.45) is 16.5. The van der Waals surface area contributed by atoms with Crippen molar-refractivity contribution in [3.63, 3.8) is 0 Å². The molecule has 0 N–H and O–H groups in total. The molecule has 1 heteroatoms. The van der Waals surface area contributed by atoms with E-state index >= 15 is 0 Å². The second kappa shape index (κ2) is 7.20. The SMILES string of the molecule is CCC/C=C1/CCCCC1CC1CCCCO1. The summed E-state index contributed by atoms with van der Waals surface area (Å²) in [5.41, 5.74) is 1.76. The monoisotopic (exact) mass is 236 g/mol. The summed E-state index contributed by atoms with van der Waals surface area (Å²) in [4.78, 5) is 0. The van der Waals surface area contributed by atoms with Crippen LogP contribution in [0.3, 0.4) is 0 Å². The molecule has 0 amide bonds. The Kier molecular flexibility index (Phi) is 5.57. The lowest BCUT2D eigenvalue weighted by Gasteiger charge is -2.31. The number of allylic oxidation sites excluding steroid dienone is 2. The number of rotatable bonds is 4. The van der Waals surface area contributed by atoms with E-state index in [1.165, 1.54) is 64.2 Å². The fraction of sp³-hybridized carbons (Fsp3) is 0.875. The topological polar surface area (TPSA) is 9.23 Å². The van der Waals surface area contributed by atoms with Crippen molar-refractivity contribution in [1.29, 1.82) is 0 Å². The van der Waals surface area contributed by atoms with Crippen molar-refractivity contribution in [2.45, 2.75) is 77.2 Å². The predicted molar refractivity (Wildman–Crippen MR) is 73.2 cm³/mol. The first-order valence-corrected chi connectivity index (χ1v) is 7.70. The summed E-state index contributed by atoms with van der Waals surface area (Å²) in [5, 5.41) is 0. The smallest absolute Gasteiger partial charge is 0.0580 e. The number of hydrogen-bond donors (Lipinski definition) is 0. The van der Waals surface area contributed by atoms with Crippen LogP contribution in [-0.2, 0) is 4.74 Å². The molecule has 1 saturated heterocycles. The van der Waals surface area contributed by atoms with Gasteiger partial charge in [0.25, 0.3) is 0 Å². The Morgan fingerprint density at radius 2 is 2.06 bits per heavy atom. The van der Waals surface area contributed by atoms with Crippen LogP contribution in [-0.4, -0.2) is 12.7 Å². The highest BCUT2D eigenvalue weighted by Gasteiger charge is 2.24. The first kappa shape index (κ1) is 13.1. The van der Waals surface area contributed by atoms with Gasteiger partial charge in [0.2, 0.25) is 0 Å². The summed E-state index contributed by atoms with van der Waals surface area (Å²) in [6.45, 7) is 3.28. The molecule has 2 unspecified atom stereocenters. The molecule has 2 rings (SSSR count). The van der Waals surface area contributed by atoms with Crippen molar-refractivity contribution < 1.29 is 4.74 Å². The fourth-order valence-electron chi connectivity index (χ4n) is 3.29. The lowest BCUT2D eigenvalue weighted by atomic mass is 9.79. The summed E-state index contributed by atoms with van der Waals surface area (Å²) in [6, 6.07) is 0. The van der Waals surface area contributed by atoms with Gasteiger partial charge >= 0.3 is 0 Å². The van der Waals surface area contributed by atoms with E-state index in [9.17, 15) is 0 Å². The van der Waals surface area contributed by atoms with Gasteiger partial charge in [0.05, 0.1) is 6.10 Å². The molecule has 1 saturated carbocycles. The van der Waals surface area contributed by atoms with Crippen LogP contribution in [0.25, 0.3) is 0 Å². The lowest BCUT2D eigenvalue weighted by molar-refractivity contribution is 0.00243. The molecule has 1 aliphatic heterocycles. The molecule has 98 valence electrons. The van der Waals surface area contributed by atoms with E-state index in [0.717, 1.165) is 12.5 Å². The highest BCUT2D eigenvalue weighted by atomic mass is 16.5. The zero-order chi connectivity index (χ0) is 11.9. The first-order chi connectivity index (χ1) is 8.40. The maximum Gasteiger partial charge on any atom is 0.0580 e. The molecule has 1 aliphatic carbocycles. The highest BCUT2D eigenvalue weighted by molar-refractivity contribution is 5.09. The average molecular weight is 236 g/mol. The predicted octanol–water partition coefficient (Wildman–Crippen LogP) is 4.86. The van der Waals surface area contributed by atoms with Crippen molar-refractivity contribution >= 4 is 0 Å². The van der Waals surface area contributed by atoms with Gasteiger partial charge in [0.15, 0.2) is 0 Å². The molecule has 17 heavy (non-hydrogen) atoms. The van der Waals surface area contributed by atoms with E-state index < -0.39 is 0 Å². The zero-order valence-electron chi connectivity index (χ0n) is 11.4. The minimum absolute atomic E-state index is 0.567. The summed E-state index contributed by atoms with van der Waals surface area (Å²) < 4.78 is 5.91. The molecule has 0 spiro atoms. The third kappa shape index (κ3) is 4.13. The van der Waals surface area contributed by atoms with E-state index in [4.69, 9.17) is 4.74 Å². The van der Waals surface area contributed by atoms with Crippen LogP contribution in [0.5, 0.6) is 0 Å². The number of hydrogen-bond acceptors (Lipinski definition) is 1. The van der Waals surface area contributed by atoms with Gasteiger partial charge in [0, 0.05) is 6.61 Å². The van der Waals surface area contributed by atoms with Crippen molar-refractivity contribution in [3.05, 3.63) is 11.6 Å². The van der Waals surface area contributed by atoms with E-state index in [2.05, 4.69) is 13.0 Å². The molecule has 2 aliphatic rings. The molecule has 2 fully saturated rings. The van der Waals surface area contributed by atoms with E-state index in [0.29, 0.717) is 6.10 Å². The van der Waals surface area contributed by atoms with Gasteiger partial charge in [-0.25, -0.2) is 0 Å². The Morgan fingerprint density at radius 3 is 2.82 bits per heavy atom. The second-order valence-electron chi connectivity index (χ2n) is 5.73. The molecule has 0 aromatic heterocycles. The zero-order valence-corrected chi connectivity index (χ0v) is 11.4. The Hall–Kier alpha value is -0.300. The van der Waals surface area contributed by atoms with Crippen LogP contribution in [0.2, 0.25) is 0 Å². The summed E-state index contributed by atoms with van der Waals surface area (Å²) >= 11 is 0. The number of ether oxygens (including phenoxy) is 1. The Morgan fingerprint density at radius 1 is 1.18 bits per heavy atom. The van der Waals surface area contributed by atoms with Crippen molar-refractivity contribution in [2.75, 3.05) is 6.61 Å². The van der Waals surface area contributed by atoms with Crippen LogP contribution in [0.15, 0.2) is 11.6 Å². The normalized spacial score (nSPS) is 32.9. The van der Waals surface area contributed by atoms with Gasteiger partial charge in [-0.2, -0.15) is 0 Å². The third-order valence-corrected chi connectivity index (χ3v) is 4.31. The molecular weight excluding hydrogens is 208 g/mol. The summed E-state index contributed by atoms with van der Waals surface area (Å²) in [7, 11) is 0. The third-order valence-electron chi connectivity index (χ3n) is 4.31. The van der Waals surface area contributed by atoms with Crippen molar-refractivity contribution in [2.24, 2.45) is 5.92 Å². The Labute approximate surface area is 107 Å². The van der Waals surface area contributed by atoms with Crippen molar-refractivity contribution in [3.8, 4) is 0 Å².